The number of nitrogens with zero attached hydrogens (tertiary/aromatic N) is 5. The van der Waals surface area contributed by atoms with Crippen LogP contribution in [0.25, 0.3) is 17.0 Å². The van der Waals surface area contributed by atoms with Crippen molar-refractivity contribution in [3.05, 3.63) is 87.3 Å². The van der Waals surface area contributed by atoms with Crippen LogP contribution in [-0.4, -0.2) is 59.4 Å². The third-order valence-corrected chi connectivity index (χ3v) is 6.87. The Morgan fingerprint density at radius 3 is 2.75 bits per heavy atom. The van der Waals surface area contributed by atoms with Gasteiger partial charge < -0.3 is 26.2 Å². The topological polar surface area (TPSA) is 233 Å². The second-order valence-electron chi connectivity index (χ2n) is 9.63. The molecule has 4 heterocycles. The Morgan fingerprint density at radius 2 is 2.00 bits per heavy atom. The van der Waals surface area contributed by atoms with Gasteiger partial charge in [0.15, 0.2) is 23.8 Å². The number of benzene rings is 2. The maximum atomic E-state index is 12.8. The molecule has 1 aliphatic carbocycles. The molecule has 3 aromatic heterocycles. The zero-order valence-electron chi connectivity index (χ0n) is 22.6. The summed E-state index contributed by atoms with van der Waals surface area (Å²) in [6.45, 7) is 0.554. The lowest BCUT2D eigenvalue weighted by Gasteiger charge is -2.18. The lowest BCUT2D eigenvalue weighted by Crippen LogP contribution is -2.28. The molecule has 44 heavy (non-hydrogen) atoms. The van der Waals surface area contributed by atoms with Gasteiger partial charge in [0, 0.05) is 18.2 Å². The summed E-state index contributed by atoms with van der Waals surface area (Å²) < 4.78 is 10.8. The Balaban J connectivity index is 0.000000230. The number of halogens is 1. The lowest BCUT2D eigenvalue weighted by molar-refractivity contribution is -0.118. The first-order valence-corrected chi connectivity index (χ1v) is 13.0. The van der Waals surface area contributed by atoms with Crippen LogP contribution in [0.15, 0.2) is 58.0 Å². The number of H-pyrrole nitrogens is 1. The van der Waals surface area contributed by atoms with E-state index < -0.39 is 17.6 Å². The van der Waals surface area contributed by atoms with E-state index in [1.54, 1.807) is 6.07 Å². The second kappa shape index (κ2) is 12.3. The molecule has 0 radical (unpaired) electrons. The van der Waals surface area contributed by atoms with E-state index in [4.69, 9.17) is 10.5 Å². The third-order valence-electron chi connectivity index (χ3n) is 6.87. The van der Waals surface area contributed by atoms with Gasteiger partial charge in [-0.15, -0.1) is 17.5 Å². The fraction of sp³-hybridized carbons (Fsp3) is 0.185. The number of anilines is 1. The number of nitrogens with two attached hydrogens (primary N) is 1. The van der Waals surface area contributed by atoms with Crippen LogP contribution in [0.3, 0.4) is 0 Å². The van der Waals surface area contributed by atoms with Crippen molar-refractivity contribution in [2.75, 3.05) is 11.9 Å². The monoisotopic (exact) mass is 621 g/mol. The number of carbonyl (C=O) groups is 3. The molecule has 2 amide bonds. The van der Waals surface area contributed by atoms with Crippen LogP contribution < -0.4 is 26.9 Å². The van der Waals surface area contributed by atoms with Crippen molar-refractivity contribution in [2.45, 2.75) is 25.4 Å². The summed E-state index contributed by atoms with van der Waals surface area (Å²) in [5, 5.41) is 26.0. The highest BCUT2D eigenvalue weighted by atomic mass is 35.5. The van der Waals surface area contributed by atoms with E-state index in [9.17, 15) is 24.3 Å². The minimum Gasteiger partial charge on any atom is -0.482 e. The Kier molecular flexibility index (Phi) is 8.36. The average molecular weight is 622 g/mol. The quantitative estimate of drug-likeness (QED) is 0.188. The van der Waals surface area contributed by atoms with Gasteiger partial charge in [-0.25, -0.2) is 14.6 Å². The van der Waals surface area contributed by atoms with Crippen LogP contribution in [0.5, 0.6) is 5.75 Å². The minimum absolute atomic E-state index is 0. The maximum Gasteiger partial charge on any atom is 0.439 e. The number of rotatable bonds is 5. The van der Waals surface area contributed by atoms with Crippen molar-refractivity contribution in [3.8, 4) is 17.1 Å². The molecule has 2 aromatic carbocycles. The van der Waals surface area contributed by atoms with Crippen LogP contribution in [0.1, 0.15) is 50.1 Å². The van der Waals surface area contributed by atoms with Gasteiger partial charge in [0.1, 0.15) is 11.4 Å². The number of aromatic nitrogens is 6. The summed E-state index contributed by atoms with van der Waals surface area (Å²) in [5.41, 5.74) is 9.72. The first kappa shape index (κ1) is 29.9. The summed E-state index contributed by atoms with van der Waals surface area (Å²) >= 11 is 0. The molecule has 7 rings (SSSR count). The molecule has 17 heteroatoms. The number of hydrogen-bond donors (Lipinski definition) is 5. The number of carboxylic acid groups (broad SMARTS) is 1. The average Bonchev–Trinajstić information content (AvgIpc) is 3.76. The van der Waals surface area contributed by atoms with Gasteiger partial charge in [0.25, 0.3) is 11.8 Å². The normalized spacial score (nSPS) is 14.7. The molecular formula is C27H24ClN9O7. The molecule has 0 fully saturated rings. The molecule has 0 saturated carbocycles. The van der Waals surface area contributed by atoms with Crippen LogP contribution >= 0.6 is 12.4 Å². The largest absolute Gasteiger partial charge is 0.482 e. The maximum absolute atomic E-state index is 12.8. The summed E-state index contributed by atoms with van der Waals surface area (Å²) in [7, 11) is 0. The molecule has 5 aromatic rings. The molecular weight excluding hydrogens is 598 g/mol. The lowest BCUT2D eigenvalue weighted by atomic mass is 10.0. The van der Waals surface area contributed by atoms with E-state index in [2.05, 4.69) is 40.6 Å². The van der Waals surface area contributed by atoms with E-state index in [1.165, 1.54) is 12.3 Å². The Bertz CT molecular complexity index is 1950. The first-order chi connectivity index (χ1) is 20.8. The van der Waals surface area contributed by atoms with Crippen molar-refractivity contribution >= 4 is 41.5 Å². The fourth-order valence-corrected chi connectivity index (χ4v) is 4.85. The van der Waals surface area contributed by atoms with Gasteiger partial charge in [-0.1, -0.05) is 28.6 Å². The Hall–Kier alpha value is -5.61. The van der Waals surface area contributed by atoms with Crippen molar-refractivity contribution in [2.24, 2.45) is 5.73 Å². The van der Waals surface area contributed by atoms with Gasteiger partial charge in [0.05, 0.1) is 17.9 Å². The number of carbonyl (C=O) groups excluding carboxylic acids is 2. The van der Waals surface area contributed by atoms with E-state index in [-0.39, 0.29) is 48.0 Å². The minimum atomic E-state index is -1.24. The molecule has 1 atom stereocenters. The SMILES string of the molecule is Cl.NCc1ccc2c(c1)NC(=O)CO2.O=C(N[C@H]1CCc2cc(-c3noc(=O)[nH]3)ccc21)c1cc(C(=O)O)n2nncc2n1. The summed E-state index contributed by atoms with van der Waals surface area (Å²) in [4.78, 5) is 53.0. The summed E-state index contributed by atoms with van der Waals surface area (Å²) in [5.74, 6) is -1.45. The van der Waals surface area contributed by atoms with Crippen LogP contribution in [0.2, 0.25) is 0 Å². The van der Waals surface area contributed by atoms with Crippen LogP contribution in [0, 0.1) is 0 Å². The molecule has 1 aliphatic heterocycles. The number of aryl methyl sites for hydroxylation is 1. The van der Waals surface area contributed by atoms with Gasteiger partial charge in [-0.05, 0) is 47.7 Å². The van der Waals surface area contributed by atoms with Gasteiger partial charge in [-0.3, -0.25) is 19.1 Å². The highest BCUT2D eigenvalue weighted by Crippen LogP contribution is 2.33. The zero-order chi connectivity index (χ0) is 30.1. The van der Waals surface area contributed by atoms with Crippen molar-refractivity contribution < 1.29 is 28.8 Å². The highest BCUT2D eigenvalue weighted by Gasteiger charge is 2.26. The number of hydrogen-bond acceptors (Lipinski definition) is 11. The number of aromatic amines is 1. The van der Waals surface area contributed by atoms with Crippen LogP contribution in [-0.2, 0) is 17.8 Å². The summed E-state index contributed by atoms with van der Waals surface area (Å²) in [6, 6.07) is 12.0. The molecule has 0 bridgehead atoms. The number of fused-ring (bicyclic) bond motifs is 3. The molecule has 0 unspecified atom stereocenters. The van der Waals surface area contributed by atoms with E-state index in [0.717, 1.165) is 27.6 Å². The first-order valence-electron chi connectivity index (χ1n) is 13.0. The Morgan fingerprint density at radius 1 is 1.16 bits per heavy atom. The second-order valence-corrected chi connectivity index (χ2v) is 9.63. The molecule has 226 valence electrons. The molecule has 2 aliphatic rings. The van der Waals surface area contributed by atoms with E-state index in [0.29, 0.717) is 35.8 Å². The number of aromatic carboxylic acids is 1. The van der Waals surface area contributed by atoms with Gasteiger partial charge in [-0.2, -0.15) is 4.52 Å². The standard InChI is InChI=1S/C18H13N7O5.C9H10N2O2.ClH/c26-16(12-6-13(17(27)28)25-14(20-12)7-19-24-25)21-11-4-2-8-5-9(1-3-10(8)11)15-22-18(29)30-23-15;10-4-6-1-2-8-7(3-6)11-9(12)5-13-8;/h1,3,5-7,11H,2,4H2,(H,21,26)(H,27,28)(H,22,23,29);1-3H,4-5,10H2,(H,11,12);1H/t11-;;/m0../s1. The number of amides is 2. The van der Waals surface area contributed by atoms with Gasteiger partial charge in [0.2, 0.25) is 0 Å². The zero-order valence-corrected chi connectivity index (χ0v) is 23.5. The predicted octanol–water partition coefficient (Wildman–Crippen LogP) is 1.48. The molecule has 16 nitrogen and oxygen atoms in total. The highest BCUT2D eigenvalue weighted by molar-refractivity contribution is 5.96. The Labute approximate surface area is 253 Å². The summed E-state index contributed by atoms with van der Waals surface area (Å²) in [6.07, 6.45) is 2.67. The molecule has 0 spiro atoms. The van der Waals surface area contributed by atoms with Crippen molar-refractivity contribution in [1.82, 2.24) is 35.3 Å². The number of ether oxygens (including phenoxy) is 1. The van der Waals surface area contributed by atoms with Crippen molar-refractivity contribution in [3.63, 3.8) is 0 Å². The third kappa shape index (κ3) is 5.97. The van der Waals surface area contributed by atoms with Crippen molar-refractivity contribution in [1.29, 1.82) is 0 Å². The molecule has 0 saturated heterocycles. The van der Waals surface area contributed by atoms with E-state index >= 15 is 0 Å². The molecule has 6 N–H and O–H groups in total. The van der Waals surface area contributed by atoms with Crippen LogP contribution in [0.4, 0.5) is 5.69 Å². The van der Waals surface area contributed by atoms with Gasteiger partial charge >= 0.3 is 11.7 Å². The fourth-order valence-electron chi connectivity index (χ4n) is 4.85. The number of nitrogens with one attached hydrogen (secondary N) is 3. The number of carboxylic acids is 1. The predicted molar refractivity (Wildman–Crippen MR) is 155 cm³/mol. The smallest absolute Gasteiger partial charge is 0.439 e. The van der Waals surface area contributed by atoms with E-state index in [1.807, 2.05) is 30.3 Å².